The van der Waals surface area contributed by atoms with Crippen molar-refractivity contribution >= 4 is 17.6 Å². The molecule has 2 aromatic heterocycles. The molecule has 0 amide bonds. The molecule has 1 saturated carbocycles. The number of aliphatic carboxylic acids is 1. The zero-order chi connectivity index (χ0) is 14.9. The van der Waals surface area contributed by atoms with Crippen molar-refractivity contribution in [1.29, 1.82) is 0 Å². The standard InChI is InChI=1S/C14H14ClN3O3/c15-9-3-4-10(16-8-9)12-17-11(21-18-12)7-14(13(19)20)5-1-2-6-14/h3-4,8H,1-2,5-7H2,(H,19,20). The number of pyridine rings is 1. The van der Waals surface area contributed by atoms with Gasteiger partial charge in [0, 0.05) is 12.6 Å². The number of carboxylic acids is 1. The van der Waals surface area contributed by atoms with Crippen LogP contribution in [0, 0.1) is 5.41 Å². The summed E-state index contributed by atoms with van der Waals surface area (Å²) in [4.78, 5) is 19.9. The molecule has 0 spiro atoms. The summed E-state index contributed by atoms with van der Waals surface area (Å²) in [5.74, 6) is -0.101. The molecular formula is C14H14ClN3O3. The van der Waals surface area contributed by atoms with Crippen molar-refractivity contribution in [3.63, 3.8) is 0 Å². The topological polar surface area (TPSA) is 89.1 Å². The highest BCUT2D eigenvalue weighted by Crippen LogP contribution is 2.41. The van der Waals surface area contributed by atoms with Crippen molar-refractivity contribution in [2.45, 2.75) is 32.1 Å². The normalized spacial score (nSPS) is 17.0. The maximum absolute atomic E-state index is 11.5. The fraction of sp³-hybridized carbons (Fsp3) is 0.429. The summed E-state index contributed by atoms with van der Waals surface area (Å²) in [7, 11) is 0. The highest BCUT2D eigenvalue weighted by molar-refractivity contribution is 6.30. The van der Waals surface area contributed by atoms with Crippen LogP contribution in [0.2, 0.25) is 5.02 Å². The summed E-state index contributed by atoms with van der Waals surface area (Å²) in [6, 6.07) is 3.38. The van der Waals surface area contributed by atoms with E-state index in [1.165, 1.54) is 6.20 Å². The molecule has 0 aliphatic heterocycles. The lowest BCUT2D eigenvalue weighted by Gasteiger charge is -2.21. The van der Waals surface area contributed by atoms with Crippen molar-refractivity contribution in [3.05, 3.63) is 29.2 Å². The second-order valence-electron chi connectivity index (χ2n) is 5.34. The highest BCUT2D eigenvalue weighted by atomic mass is 35.5. The molecule has 0 saturated heterocycles. The van der Waals surface area contributed by atoms with Gasteiger partial charge >= 0.3 is 5.97 Å². The summed E-state index contributed by atoms with van der Waals surface area (Å²) in [5, 5.41) is 13.9. The second kappa shape index (κ2) is 5.44. The molecule has 3 rings (SSSR count). The predicted octanol–water partition coefficient (Wildman–Crippen LogP) is 2.97. The molecule has 6 nitrogen and oxygen atoms in total. The van der Waals surface area contributed by atoms with Crippen molar-refractivity contribution in [2.24, 2.45) is 5.41 Å². The van der Waals surface area contributed by atoms with Gasteiger partial charge in [0.15, 0.2) is 0 Å². The van der Waals surface area contributed by atoms with Crippen LogP contribution in [0.5, 0.6) is 0 Å². The fourth-order valence-electron chi connectivity index (χ4n) is 2.75. The molecule has 0 bridgehead atoms. The van der Waals surface area contributed by atoms with E-state index in [9.17, 15) is 9.90 Å². The maximum atomic E-state index is 11.5. The smallest absolute Gasteiger partial charge is 0.310 e. The van der Waals surface area contributed by atoms with E-state index in [0.717, 1.165) is 12.8 Å². The summed E-state index contributed by atoms with van der Waals surface area (Å²) in [5.41, 5.74) is -0.220. The Hall–Kier alpha value is -1.95. The van der Waals surface area contributed by atoms with Crippen LogP contribution >= 0.6 is 11.6 Å². The molecule has 0 radical (unpaired) electrons. The van der Waals surface area contributed by atoms with E-state index in [0.29, 0.717) is 35.3 Å². The lowest BCUT2D eigenvalue weighted by Crippen LogP contribution is -2.30. The largest absolute Gasteiger partial charge is 0.481 e. The monoisotopic (exact) mass is 307 g/mol. The van der Waals surface area contributed by atoms with Gasteiger partial charge in [-0.25, -0.2) is 0 Å². The van der Waals surface area contributed by atoms with Crippen molar-refractivity contribution in [3.8, 4) is 11.5 Å². The van der Waals surface area contributed by atoms with Crippen LogP contribution in [0.25, 0.3) is 11.5 Å². The minimum absolute atomic E-state index is 0.267. The van der Waals surface area contributed by atoms with Crippen LogP contribution in [0.15, 0.2) is 22.9 Å². The third-order valence-electron chi connectivity index (χ3n) is 3.93. The summed E-state index contributed by atoms with van der Waals surface area (Å²) >= 11 is 5.78. The van der Waals surface area contributed by atoms with Crippen LogP contribution in [-0.4, -0.2) is 26.2 Å². The average Bonchev–Trinajstić information content (AvgIpc) is 3.10. The van der Waals surface area contributed by atoms with Gasteiger partial charge in [0.05, 0.1) is 10.4 Å². The Labute approximate surface area is 126 Å². The van der Waals surface area contributed by atoms with Crippen molar-refractivity contribution < 1.29 is 14.4 Å². The van der Waals surface area contributed by atoms with Gasteiger partial charge < -0.3 is 9.63 Å². The molecule has 7 heteroatoms. The number of rotatable bonds is 4. The molecule has 0 aromatic carbocycles. The van der Waals surface area contributed by atoms with Gasteiger partial charge in [-0.3, -0.25) is 9.78 Å². The minimum Gasteiger partial charge on any atom is -0.481 e. The number of aromatic nitrogens is 3. The lowest BCUT2D eigenvalue weighted by molar-refractivity contribution is -0.148. The molecule has 1 fully saturated rings. The third kappa shape index (κ3) is 2.76. The Morgan fingerprint density at radius 1 is 1.38 bits per heavy atom. The first-order chi connectivity index (χ1) is 10.1. The number of carboxylic acid groups (broad SMARTS) is 1. The first-order valence-electron chi connectivity index (χ1n) is 6.77. The van der Waals surface area contributed by atoms with Gasteiger partial charge in [0.2, 0.25) is 11.7 Å². The van der Waals surface area contributed by atoms with Gasteiger partial charge in [0.1, 0.15) is 5.69 Å². The molecule has 2 aromatic rings. The molecule has 1 N–H and O–H groups in total. The van der Waals surface area contributed by atoms with Gasteiger partial charge in [-0.2, -0.15) is 4.98 Å². The molecule has 2 heterocycles. The van der Waals surface area contributed by atoms with E-state index in [4.69, 9.17) is 16.1 Å². The second-order valence-corrected chi connectivity index (χ2v) is 5.78. The molecule has 0 atom stereocenters. The van der Waals surface area contributed by atoms with E-state index in [1.807, 2.05) is 0 Å². The van der Waals surface area contributed by atoms with E-state index < -0.39 is 11.4 Å². The molecular weight excluding hydrogens is 294 g/mol. The summed E-state index contributed by atoms with van der Waals surface area (Å²) < 4.78 is 5.19. The van der Waals surface area contributed by atoms with E-state index >= 15 is 0 Å². The highest BCUT2D eigenvalue weighted by Gasteiger charge is 2.42. The van der Waals surface area contributed by atoms with Crippen LogP contribution in [-0.2, 0) is 11.2 Å². The van der Waals surface area contributed by atoms with Gasteiger partial charge in [-0.1, -0.05) is 29.6 Å². The number of hydrogen-bond acceptors (Lipinski definition) is 5. The van der Waals surface area contributed by atoms with Crippen molar-refractivity contribution in [2.75, 3.05) is 0 Å². The third-order valence-corrected chi connectivity index (χ3v) is 4.15. The number of carbonyl (C=O) groups is 1. The zero-order valence-electron chi connectivity index (χ0n) is 11.3. The molecule has 0 unspecified atom stereocenters. The average molecular weight is 308 g/mol. The predicted molar refractivity (Wildman–Crippen MR) is 74.8 cm³/mol. The number of hydrogen-bond donors (Lipinski definition) is 1. The Morgan fingerprint density at radius 3 is 2.76 bits per heavy atom. The van der Waals surface area contributed by atoms with Crippen LogP contribution in [0.1, 0.15) is 31.6 Å². The Balaban J connectivity index is 1.82. The molecule has 110 valence electrons. The molecule has 1 aliphatic rings. The van der Waals surface area contributed by atoms with Crippen LogP contribution < -0.4 is 0 Å². The Morgan fingerprint density at radius 2 is 2.14 bits per heavy atom. The van der Waals surface area contributed by atoms with E-state index in [1.54, 1.807) is 12.1 Å². The number of nitrogens with zero attached hydrogens (tertiary/aromatic N) is 3. The van der Waals surface area contributed by atoms with E-state index in [-0.39, 0.29) is 6.42 Å². The van der Waals surface area contributed by atoms with E-state index in [2.05, 4.69) is 15.1 Å². The van der Waals surface area contributed by atoms with Crippen LogP contribution in [0.4, 0.5) is 0 Å². The first kappa shape index (κ1) is 14.0. The summed E-state index contributed by atoms with van der Waals surface area (Å²) in [6.07, 6.45) is 4.92. The van der Waals surface area contributed by atoms with Gasteiger partial charge in [0.25, 0.3) is 0 Å². The Bertz CT molecular complexity index is 648. The van der Waals surface area contributed by atoms with Crippen LogP contribution in [0.3, 0.4) is 0 Å². The first-order valence-corrected chi connectivity index (χ1v) is 7.15. The molecule has 1 aliphatic carbocycles. The summed E-state index contributed by atoms with van der Waals surface area (Å²) in [6.45, 7) is 0. The SMILES string of the molecule is O=C(O)C1(Cc2nc(-c3ccc(Cl)cn3)no2)CCCC1. The lowest BCUT2D eigenvalue weighted by atomic mass is 9.83. The molecule has 21 heavy (non-hydrogen) atoms. The Kier molecular flexibility index (Phi) is 3.63. The maximum Gasteiger partial charge on any atom is 0.310 e. The van der Waals surface area contributed by atoms with Gasteiger partial charge in [-0.05, 0) is 25.0 Å². The zero-order valence-corrected chi connectivity index (χ0v) is 12.0. The van der Waals surface area contributed by atoms with Crippen molar-refractivity contribution in [1.82, 2.24) is 15.1 Å². The fourth-order valence-corrected chi connectivity index (χ4v) is 2.86. The quantitative estimate of drug-likeness (QED) is 0.934. The number of halogens is 1. The minimum atomic E-state index is -0.788. The van der Waals surface area contributed by atoms with Gasteiger partial charge in [-0.15, -0.1) is 0 Å².